The van der Waals surface area contributed by atoms with Crippen LogP contribution in [-0.2, 0) is 23.3 Å². The van der Waals surface area contributed by atoms with Gasteiger partial charge in [-0.3, -0.25) is 9.48 Å². The maximum absolute atomic E-state index is 12.4. The van der Waals surface area contributed by atoms with E-state index in [0.29, 0.717) is 13.1 Å². The largest absolute Gasteiger partial charge is 0.484 e. The van der Waals surface area contributed by atoms with Gasteiger partial charge in [0.1, 0.15) is 5.75 Å². The van der Waals surface area contributed by atoms with E-state index in [1.807, 2.05) is 42.3 Å². The predicted octanol–water partition coefficient (Wildman–Crippen LogP) is 2.91. The fourth-order valence-electron chi connectivity index (χ4n) is 3.06. The minimum atomic E-state index is -0.0337. The Morgan fingerprint density at radius 3 is 2.83 bits per heavy atom. The summed E-state index contributed by atoms with van der Waals surface area (Å²) in [5.41, 5.74) is 3.47. The zero-order valence-corrected chi connectivity index (χ0v) is 14.9. The third kappa shape index (κ3) is 3.45. The molecule has 3 rings (SSSR count). The molecule has 1 aliphatic rings. The molecule has 24 heavy (non-hydrogen) atoms. The van der Waals surface area contributed by atoms with E-state index in [4.69, 9.17) is 4.74 Å². The molecule has 0 bridgehead atoms. The third-order valence-corrected chi connectivity index (χ3v) is 4.28. The summed E-state index contributed by atoms with van der Waals surface area (Å²) in [6.45, 7) is 9.85. The summed E-state index contributed by atoms with van der Waals surface area (Å²) in [6.07, 6.45) is 2.73. The van der Waals surface area contributed by atoms with Gasteiger partial charge in [0.15, 0.2) is 6.61 Å². The van der Waals surface area contributed by atoms with Crippen molar-refractivity contribution < 1.29 is 9.53 Å². The van der Waals surface area contributed by atoms with Gasteiger partial charge in [-0.15, -0.1) is 0 Å². The number of hydrogen-bond donors (Lipinski definition) is 0. The standard InChI is InChI=1S/C19H25N3O2/c1-14-6-5-7-16(10-14)24-13-18(23)21-9-8-17-15(12-21)11-20-22(17)19(2,3)4/h5-7,10-11H,8-9,12-13H2,1-4H3. The number of rotatable bonds is 3. The highest BCUT2D eigenvalue weighted by atomic mass is 16.5. The first-order valence-corrected chi connectivity index (χ1v) is 8.38. The van der Waals surface area contributed by atoms with E-state index in [1.165, 1.54) is 5.69 Å². The van der Waals surface area contributed by atoms with Crippen LogP contribution >= 0.6 is 0 Å². The molecule has 128 valence electrons. The molecule has 1 amide bonds. The quantitative estimate of drug-likeness (QED) is 0.871. The lowest BCUT2D eigenvalue weighted by Gasteiger charge is -2.30. The Hall–Kier alpha value is -2.30. The van der Waals surface area contributed by atoms with Crippen molar-refractivity contribution in [1.29, 1.82) is 0 Å². The van der Waals surface area contributed by atoms with Crippen molar-refractivity contribution in [2.24, 2.45) is 0 Å². The first-order chi connectivity index (χ1) is 11.3. The maximum atomic E-state index is 12.4. The van der Waals surface area contributed by atoms with Gasteiger partial charge in [0.2, 0.25) is 0 Å². The highest BCUT2D eigenvalue weighted by Crippen LogP contribution is 2.24. The van der Waals surface area contributed by atoms with E-state index in [0.717, 1.165) is 23.3 Å². The summed E-state index contributed by atoms with van der Waals surface area (Å²) in [7, 11) is 0. The molecule has 0 saturated heterocycles. The van der Waals surface area contributed by atoms with Crippen molar-refractivity contribution >= 4 is 5.91 Å². The fourth-order valence-corrected chi connectivity index (χ4v) is 3.06. The van der Waals surface area contributed by atoms with Gasteiger partial charge in [0.25, 0.3) is 5.91 Å². The van der Waals surface area contributed by atoms with Crippen LogP contribution in [0, 0.1) is 6.92 Å². The molecule has 1 aromatic heterocycles. The van der Waals surface area contributed by atoms with Crippen molar-refractivity contribution in [3.63, 3.8) is 0 Å². The molecule has 1 aromatic carbocycles. The molecule has 5 nitrogen and oxygen atoms in total. The van der Waals surface area contributed by atoms with Crippen molar-refractivity contribution in [2.75, 3.05) is 13.2 Å². The van der Waals surface area contributed by atoms with Gasteiger partial charge < -0.3 is 9.64 Å². The number of fused-ring (bicyclic) bond motifs is 1. The fraction of sp³-hybridized carbons (Fsp3) is 0.474. The van der Waals surface area contributed by atoms with Crippen molar-refractivity contribution in [3.05, 3.63) is 47.3 Å². The minimum absolute atomic E-state index is 0.0191. The van der Waals surface area contributed by atoms with Crippen LogP contribution in [-0.4, -0.2) is 33.7 Å². The third-order valence-electron chi connectivity index (χ3n) is 4.28. The second-order valence-corrected chi connectivity index (χ2v) is 7.37. The first kappa shape index (κ1) is 16.6. The van der Waals surface area contributed by atoms with E-state index in [9.17, 15) is 4.79 Å². The number of aromatic nitrogens is 2. The smallest absolute Gasteiger partial charge is 0.260 e. The normalized spacial score (nSPS) is 14.4. The van der Waals surface area contributed by atoms with Crippen LogP contribution in [0.15, 0.2) is 30.5 Å². The van der Waals surface area contributed by atoms with Crippen LogP contribution in [0.3, 0.4) is 0 Å². The van der Waals surface area contributed by atoms with Gasteiger partial charge in [-0.25, -0.2) is 0 Å². The van der Waals surface area contributed by atoms with Gasteiger partial charge in [0, 0.05) is 30.8 Å². The summed E-state index contributed by atoms with van der Waals surface area (Å²) < 4.78 is 7.71. The topological polar surface area (TPSA) is 47.4 Å². The number of hydrogen-bond acceptors (Lipinski definition) is 3. The Labute approximate surface area is 143 Å². The summed E-state index contributed by atoms with van der Waals surface area (Å²) in [5, 5.41) is 4.51. The lowest BCUT2D eigenvalue weighted by atomic mass is 10.0. The summed E-state index contributed by atoms with van der Waals surface area (Å²) in [6, 6.07) is 7.76. The number of amides is 1. The zero-order valence-electron chi connectivity index (χ0n) is 14.9. The van der Waals surface area contributed by atoms with E-state index >= 15 is 0 Å². The van der Waals surface area contributed by atoms with Crippen molar-refractivity contribution in [1.82, 2.24) is 14.7 Å². The van der Waals surface area contributed by atoms with E-state index in [-0.39, 0.29) is 18.1 Å². The van der Waals surface area contributed by atoms with Crippen LogP contribution in [0.25, 0.3) is 0 Å². The molecular weight excluding hydrogens is 302 g/mol. The lowest BCUT2D eigenvalue weighted by molar-refractivity contribution is -0.134. The van der Waals surface area contributed by atoms with Gasteiger partial charge in [-0.1, -0.05) is 12.1 Å². The van der Waals surface area contributed by atoms with Crippen LogP contribution in [0.1, 0.15) is 37.6 Å². The molecule has 2 aromatic rings. The SMILES string of the molecule is Cc1cccc(OCC(=O)N2CCc3c(cnn3C(C)(C)C)C2)c1. The Morgan fingerprint density at radius 1 is 1.33 bits per heavy atom. The van der Waals surface area contributed by atoms with Crippen molar-refractivity contribution in [2.45, 2.75) is 46.2 Å². The van der Waals surface area contributed by atoms with Crippen LogP contribution in [0.4, 0.5) is 0 Å². The highest BCUT2D eigenvalue weighted by molar-refractivity contribution is 5.78. The number of benzene rings is 1. The molecule has 0 aliphatic carbocycles. The molecule has 0 saturated carbocycles. The summed E-state index contributed by atoms with van der Waals surface area (Å²) in [5.74, 6) is 0.757. The molecule has 0 atom stereocenters. The number of ether oxygens (including phenoxy) is 1. The highest BCUT2D eigenvalue weighted by Gasteiger charge is 2.27. The number of carbonyl (C=O) groups is 1. The molecule has 0 N–H and O–H groups in total. The van der Waals surface area contributed by atoms with E-state index in [1.54, 1.807) is 0 Å². The number of nitrogens with zero attached hydrogens (tertiary/aromatic N) is 3. The molecule has 0 fully saturated rings. The molecule has 0 radical (unpaired) electrons. The van der Waals surface area contributed by atoms with Crippen LogP contribution < -0.4 is 4.74 Å². The monoisotopic (exact) mass is 327 g/mol. The van der Waals surface area contributed by atoms with E-state index in [2.05, 4.69) is 30.6 Å². The summed E-state index contributed by atoms with van der Waals surface area (Å²) >= 11 is 0. The minimum Gasteiger partial charge on any atom is -0.484 e. The molecular formula is C19H25N3O2. The Kier molecular flexibility index (Phi) is 4.35. The predicted molar refractivity (Wildman–Crippen MR) is 93.0 cm³/mol. The Bertz CT molecular complexity index is 743. The molecule has 5 heteroatoms. The molecule has 1 aliphatic heterocycles. The summed E-state index contributed by atoms with van der Waals surface area (Å²) in [4.78, 5) is 14.3. The Balaban J connectivity index is 1.63. The average Bonchev–Trinajstić information content (AvgIpc) is 2.96. The van der Waals surface area contributed by atoms with Gasteiger partial charge in [-0.05, 0) is 45.4 Å². The number of aryl methyl sites for hydroxylation is 1. The van der Waals surface area contributed by atoms with Crippen LogP contribution in [0.2, 0.25) is 0 Å². The molecule has 0 spiro atoms. The second-order valence-electron chi connectivity index (χ2n) is 7.37. The Morgan fingerprint density at radius 2 is 2.12 bits per heavy atom. The van der Waals surface area contributed by atoms with Gasteiger partial charge >= 0.3 is 0 Å². The van der Waals surface area contributed by atoms with Gasteiger partial charge in [0.05, 0.1) is 11.7 Å². The maximum Gasteiger partial charge on any atom is 0.260 e. The van der Waals surface area contributed by atoms with Gasteiger partial charge in [-0.2, -0.15) is 5.10 Å². The lowest BCUT2D eigenvalue weighted by Crippen LogP contribution is -2.40. The molecule has 0 unspecified atom stereocenters. The van der Waals surface area contributed by atoms with Crippen LogP contribution in [0.5, 0.6) is 5.75 Å². The van der Waals surface area contributed by atoms with Crippen molar-refractivity contribution in [3.8, 4) is 5.75 Å². The second kappa shape index (κ2) is 6.30. The number of carbonyl (C=O) groups excluding carboxylic acids is 1. The molecule has 2 heterocycles. The van der Waals surface area contributed by atoms with E-state index < -0.39 is 0 Å². The average molecular weight is 327 g/mol. The first-order valence-electron chi connectivity index (χ1n) is 8.38. The zero-order chi connectivity index (χ0) is 17.3.